The lowest BCUT2D eigenvalue weighted by atomic mass is 10.1. The van der Waals surface area contributed by atoms with Crippen LogP contribution in [0.25, 0.3) is 11.3 Å². The first kappa shape index (κ1) is 16.5. The summed E-state index contributed by atoms with van der Waals surface area (Å²) in [4.78, 5) is 24.2. The van der Waals surface area contributed by atoms with Crippen LogP contribution in [-0.4, -0.2) is 5.91 Å². The lowest BCUT2D eigenvalue weighted by molar-refractivity contribution is 0.102. The Balaban J connectivity index is 1.82. The average molecular weight is 405 g/mol. The van der Waals surface area contributed by atoms with Crippen LogP contribution in [0.3, 0.4) is 0 Å². The molecule has 4 nitrogen and oxygen atoms in total. The SMILES string of the molecule is O=C(Nc1ccc(-c2ccc(Br)cc2)oc1=O)c1ccc(Cl)cc1. The van der Waals surface area contributed by atoms with Gasteiger partial charge < -0.3 is 9.73 Å². The quantitative estimate of drug-likeness (QED) is 0.670. The molecule has 1 aromatic heterocycles. The highest BCUT2D eigenvalue weighted by atomic mass is 79.9. The van der Waals surface area contributed by atoms with Gasteiger partial charge in [-0.3, -0.25) is 4.79 Å². The van der Waals surface area contributed by atoms with Crippen molar-refractivity contribution < 1.29 is 9.21 Å². The van der Waals surface area contributed by atoms with E-state index in [0.29, 0.717) is 16.3 Å². The zero-order valence-corrected chi connectivity index (χ0v) is 14.6. The Morgan fingerprint density at radius 3 is 2.25 bits per heavy atom. The molecule has 0 aliphatic rings. The number of anilines is 1. The smallest absolute Gasteiger partial charge is 0.360 e. The van der Waals surface area contributed by atoms with Crippen LogP contribution in [0.4, 0.5) is 5.69 Å². The van der Waals surface area contributed by atoms with Crippen molar-refractivity contribution in [1.29, 1.82) is 0 Å². The van der Waals surface area contributed by atoms with Crippen LogP contribution >= 0.6 is 27.5 Å². The number of hydrogen-bond acceptors (Lipinski definition) is 3. The number of halogens is 2. The third-order valence-electron chi connectivity index (χ3n) is 3.31. The molecule has 3 rings (SSSR count). The molecule has 120 valence electrons. The highest BCUT2D eigenvalue weighted by Crippen LogP contribution is 2.21. The van der Waals surface area contributed by atoms with Gasteiger partial charge in [0.2, 0.25) is 0 Å². The average Bonchev–Trinajstić information content (AvgIpc) is 2.58. The molecule has 3 aromatic rings. The maximum absolute atomic E-state index is 12.1. The van der Waals surface area contributed by atoms with E-state index in [0.717, 1.165) is 10.0 Å². The number of benzene rings is 2. The Bertz CT molecular complexity index is 934. The van der Waals surface area contributed by atoms with E-state index in [2.05, 4.69) is 21.2 Å². The number of carbonyl (C=O) groups excluding carboxylic acids is 1. The third kappa shape index (κ3) is 3.75. The summed E-state index contributed by atoms with van der Waals surface area (Å²) in [6.07, 6.45) is 0. The van der Waals surface area contributed by atoms with E-state index in [1.54, 1.807) is 30.3 Å². The molecule has 0 unspecified atom stereocenters. The number of nitrogens with one attached hydrogen (secondary N) is 1. The van der Waals surface area contributed by atoms with Gasteiger partial charge in [0.05, 0.1) is 0 Å². The predicted octanol–water partition coefficient (Wildman–Crippen LogP) is 4.98. The minimum atomic E-state index is -0.613. The van der Waals surface area contributed by atoms with Crippen LogP contribution in [0.15, 0.2) is 74.3 Å². The Hall–Kier alpha value is -2.37. The summed E-state index contributed by atoms with van der Waals surface area (Å²) in [5.74, 6) is 0.0207. The van der Waals surface area contributed by atoms with E-state index in [4.69, 9.17) is 16.0 Å². The standard InChI is InChI=1S/C18H11BrClNO3/c19-13-5-1-11(2-6-13)16-10-9-15(18(23)24-16)21-17(22)12-3-7-14(20)8-4-12/h1-10H,(H,21,22). The lowest BCUT2D eigenvalue weighted by Gasteiger charge is -2.05. The van der Waals surface area contributed by atoms with Crippen LogP contribution in [-0.2, 0) is 0 Å². The first-order valence-electron chi connectivity index (χ1n) is 7.00. The molecule has 1 heterocycles. The molecule has 0 saturated heterocycles. The molecule has 0 bridgehead atoms. The zero-order valence-electron chi connectivity index (χ0n) is 12.3. The first-order valence-corrected chi connectivity index (χ1v) is 8.17. The summed E-state index contributed by atoms with van der Waals surface area (Å²) >= 11 is 9.14. The minimum Gasteiger partial charge on any atom is -0.421 e. The van der Waals surface area contributed by atoms with Gasteiger partial charge in [-0.1, -0.05) is 39.7 Å². The molecule has 0 radical (unpaired) electrons. The summed E-state index contributed by atoms with van der Waals surface area (Å²) in [7, 11) is 0. The fourth-order valence-corrected chi connectivity index (χ4v) is 2.46. The summed E-state index contributed by atoms with van der Waals surface area (Å²) < 4.78 is 6.21. The van der Waals surface area contributed by atoms with Crippen LogP contribution in [0.1, 0.15) is 10.4 Å². The first-order chi connectivity index (χ1) is 11.5. The van der Waals surface area contributed by atoms with Gasteiger partial charge >= 0.3 is 5.63 Å². The topological polar surface area (TPSA) is 59.3 Å². The van der Waals surface area contributed by atoms with Crippen LogP contribution in [0.5, 0.6) is 0 Å². The Morgan fingerprint density at radius 2 is 1.62 bits per heavy atom. The fraction of sp³-hybridized carbons (Fsp3) is 0. The fourth-order valence-electron chi connectivity index (χ4n) is 2.07. The summed E-state index contributed by atoms with van der Waals surface area (Å²) in [6.45, 7) is 0. The van der Waals surface area contributed by atoms with Crippen molar-refractivity contribution in [1.82, 2.24) is 0 Å². The van der Waals surface area contributed by atoms with Gasteiger partial charge in [0.15, 0.2) is 0 Å². The van der Waals surface area contributed by atoms with E-state index >= 15 is 0 Å². The van der Waals surface area contributed by atoms with Gasteiger partial charge in [0.1, 0.15) is 11.4 Å². The van der Waals surface area contributed by atoms with Crippen LogP contribution in [0.2, 0.25) is 5.02 Å². The summed E-state index contributed by atoms with van der Waals surface area (Å²) in [5, 5.41) is 3.07. The molecular weight excluding hydrogens is 394 g/mol. The molecule has 0 atom stereocenters. The monoisotopic (exact) mass is 403 g/mol. The summed E-state index contributed by atoms with van der Waals surface area (Å²) in [6, 6.07) is 16.9. The Labute approximate surface area is 151 Å². The molecule has 0 aliphatic carbocycles. The van der Waals surface area contributed by atoms with Crippen LogP contribution < -0.4 is 10.9 Å². The van der Waals surface area contributed by atoms with E-state index < -0.39 is 11.5 Å². The Morgan fingerprint density at radius 1 is 0.958 bits per heavy atom. The molecular formula is C18H11BrClNO3. The van der Waals surface area contributed by atoms with Crippen molar-refractivity contribution in [2.75, 3.05) is 5.32 Å². The molecule has 0 saturated carbocycles. The van der Waals surface area contributed by atoms with Gasteiger partial charge in [-0.2, -0.15) is 0 Å². The number of carbonyl (C=O) groups is 1. The highest BCUT2D eigenvalue weighted by Gasteiger charge is 2.11. The zero-order chi connectivity index (χ0) is 17.1. The second-order valence-electron chi connectivity index (χ2n) is 4.97. The number of hydrogen-bond donors (Lipinski definition) is 1. The molecule has 0 spiro atoms. The largest absolute Gasteiger partial charge is 0.421 e. The molecule has 0 fully saturated rings. The van der Waals surface area contributed by atoms with Gasteiger partial charge in [-0.05, 0) is 48.5 Å². The minimum absolute atomic E-state index is 0.0795. The van der Waals surface area contributed by atoms with E-state index in [1.165, 1.54) is 6.07 Å². The van der Waals surface area contributed by atoms with Crippen molar-refractivity contribution in [3.8, 4) is 11.3 Å². The van der Waals surface area contributed by atoms with E-state index in [9.17, 15) is 9.59 Å². The third-order valence-corrected chi connectivity index (χ3v) is 4.09. The van der Waals surface area contributed by atoms with Gasteiger partial charge in [0, 0.05) is 20.6 Å². The second kappa shape index (κ2) is 7.03. The van der Waals surface area contributed by atoms with Crippen molar-refractivity contribution in [2.24, 2.45) is 0 Å². The number of rotatable bonds is 3. The normalized spacial score (nSPS) is 10.4. The molecule has 1 amide bonds. The second-order valence-corrected chi connectivity index (χ2v) is 6.32. The Kier molecular flexibility index (Phi) is 4.83. The molecule has 1 N–H and O–H groups in total. The predicted molar refractivity (Wildman–Crippen MR) is 97.5 cm³/mol. The van der Waals surface area contributed by atoms with E-state index in [1.807, 2.05) is 24.3 Å². The summed E-state index contributed by atoms with van der Waals surface area (Å²) in [5.41, 5.74) is 0.634. The highest BCUT2D eigenvalue weighted by molar-refractivity contribution is 9.10. The van der Waals surface area contributed by atoms with Crippen molar-refractivity contribution in [2.45, 2.75) is 0 Å². The number of amides is 1. The molecule has 6 heteroatoms. The molecule has 24 heavy (non-hydrogen) atoms. The van der Waals surface area contributed by atoms with Crippen molar-refractivity contribution >= 4 is 39.1 Å². The maximum atomic E-state index is 12.1. The van der Waals surface area contributed by atoms with E-state index in [-0.39, 0.29) is 5.69 Å². The lowest BCUT2D eigenvalue weighted by Crippen LogP contribution is -2.17. The molecule has 2 aromatic carbocycles. The van der Waals surface area contributed by atoms with Crippen molar-refractivity contribution in [3.63, 3.8) is 0 Å². The van der Waals surface area contributed by atoms with Gasteiger partial charge in [-0.15, -0.1) is 0 Å². The van der Waals surface area contributed by atoms with Crippen LogP contribution in [0, 0.1) is 0 Å². The van der Waals surface area contributed by atoms with Gasteiger partial charge in [-0.25, -0.2) is 4.79 Å². The maximum Gasteiger partial charge on any atom is 0.360 e. The molecule has 0 aliphatic heterocycles. The van der Waals surface area contributed by atoms with Crippen molar-refractivity contribution in [3.05, 3.63) is 86.1 Å². The van der Waals surface area contributed by atoms with Gasteiger partial charge in [0.25, 0.3) is 5.91 Å².